The van der Waals surface area contributed by atoms with Crippen molar-refractivity contribution in [1.82, 2.24) is 9.88 Å². The highest BCUT2D eigenvalue weighted by Gasteiger charge is 2.26. The molecule has 0 radical (unpaired) electrons. The van der Waals surface area contributed by atoms with Crippen LogP contribution in [-0.2, 0) is 16.1 Å². The highest BCUT2D eigenvalue weighted by atomic mass is 32.1. The number of ether oxygens (including phenoxy) is 1. The van der Waals surface area contributed by atoms with Gasteiger partial charge in [0, 0.05) is 31.4 Å². The highest BCUT2D eigenvalue weighted by molar-refractivity contribution is 7.14. The third-order valence-electron chi connectivity index (χ3n) is 4.44. The molecule has 24 heavy (non-hydrogen) atoms. The largest absolute Gasteiger partial charge is 0.376 e. The van der Waals surface area contributed by atoms with Crippen molar-refractivity contribution in [1.29, 1.82) is 0 Å². The summed E-state index contributed by atoms with van der Waals surface area (Å²) in [5.41, 5.74) is 1.84. The van der Waals surface area contributed by atoms with Crippen molar-refractivity contribution in [2.75, 3.05) is 18.1 Å². The topological polar surface area (TPSA) is 45.7 Å². The van der Waals surface area contributed by atoms with Crippen LogP contribution in [0.1, 0.15) is 26.5 Å². The van der Waals surface area contributed by atoms with Crippen molar-refractivity contribution in [3.8, 4) is 0 Å². The van der Waals surface area contributed by atoms with Crippen molar-refractivity contribution in [2.45, 2.75) is 39.5 Å². The van der Waals surface area contributed by atoms with E-state index in [0.717, 1.165) is 36.2 Å². The second-order valence-corrected chi connectivity index (χ2v) is 6.93. The summed E-state index contributed by atoms with van der Waals surface area (Å²) in [7, 11) is 0. The van der Waals surface area contributed by atoms with E-state index in [2.05, 4.69) is 18.7 Å². The van der Waals surface area contributed by atoms with Crippen LogP contribution in [0.15, 0.2) is 35.7 Å². The van der Waals surface area contributed by atoms with E-state index in [1.165, 1.54) is 11.3 Å². The monoisotopic (exact) mass is 345 g/mol. The van der Waals surface area contributed by atoms with E-state index in [1.807, 2.05) is 35.7 Å². The van der Waals surface area contributed by atoms with E-state index in [-0.39, 0.29) is 12.0 Å². The summed E-state index contributed by atoms with van der Waals surface area (Å²) in [5.74, 6) is -0.0320. The molecule has 128 valence electrons. The second-order valence-electron chi connectivity index (χ2n) is 6.10. The summed E-state index contributed by atoms with van der Waals surface area (Å²) in [6, 6.07) is 10.0. The second kappa shape index (κ2) is 7.42. The molecule has 1 aromatic heterocycles. The smallest absolute Gasteiger partial charge is 0.230 e. The lowest BCUT2D eigenvalue weighted by Crippen LogP contribution is -2.47. The Bertz CT molecular complexity index is 689. The number of aromatic nitrogens is 1. The van der Waals surface area contributed by atoms with Gasteiger partial charge in [0.15, 0.2) is 5.13 Å². The van der Waals surface area contributed by atoms with Crippen LogP contribution in [0.25, 0.3) is 0 Å². The number of carbonyl (C=O) groups excluding carboxylic acids is 1. The van der Waals surface area contributed by atoms with E-state index >= 15 is 0 Å². The van der Waals surface area contributed by atoms with Gasteiger partial charge in [-0.3, -0.25) is 14.6 Å². The number of nitrogens with zero attached hydrogens (tertiary/aromatic N) is 3. The molecule has 0 aliphatic carbocycles. The molecule has 2 atom stereocenters. The number of amides is 1. The van der Waals surface area contributed by atoms with Gasteiger partial charge in [-0.05, 0) is 26.0 Å². The fourth-order valence-corrected chi connectivity index (χ4v) is 3.78. The molecule has 6 heteroatoms. The Kier molecular flexibility index (Phi) is 5.28. The van der Waals surface area contributed by atoms with Gasteiger partial charge in [0.05, 0.1) is 24.1 Å². The normalized spacial score (nSPS) is 21.6. The number of hydrogen-bond donors (Lipinski definition) is 0. The fourth-order valence-electron chi connectivity index (χ4n) is 2.90. The lowest BCUT2D eigenvalue weighted by Gasteiger charge is -2.37. The van der Waals surface area contributed by atoms with E-state index in [9.17, 15) is 4.79 Å². The first-order chi connectivity index (χ1) is 11.6. The van der Waals surface area contributed by atoms with E-state index in [0.29, 0.717) is 6.04 Å². The maximum Gasteiger partial charge on any atom is 0.230 e. The van der Waals surface area contributed by atoms with Gasteiger partial charge in [-0.1, -0.05) is 18.2 Å². The molecule has 0 N–H and O–H groups in total. The molecular weight excluding hydrogens is 322 g/mol. The van der Waals surface area contributed by atoms with Gasteiger partial charge < -0.3 is 4.74 Å². The molecule has 1 aliphatic rings. The summed E-state index contributed by atoms with van der Waals surface area (Å²) in [4.78, 5) is 20.9. The molecule has 3 rings (SSSR count). The predicted octanol–water partition coefficient (Wildman–Crippen LogP) is 3.44. The minimum Gasteiger partial charge on any atom is -0.376 e. The molecule has 0 unspecified atom stereocenters. The van der Waals surface area contributed by atoms with Crippen LogP contribution < -0.4 is 4.90 Å². The van der Waals surface area contributed by atoms with Crippen LogP contribution in [-0.4, -0.2) is 41.1 Å². The van der Waals surface area contributed by atoms with Crippen LogP contribution in [0.2, 0.25) is 0 Å². The molecular formula is C18H23N3O2S. The summed E-state index contributed by atoms with van der Waals surface area (Å²) >= 11 is 1.51. The molecule has 1 aromatic carbocycles. The van der Waals surface area contributed by atoms with Crippen LogP contribution in [0.3, 0.4) is 0 Å². The maximum absolute atomic E-state index is 12.1. The molecule has 1 fully saturated rings. The Morgan fingerprint density at radius 2 is 2.12 bits per heavy atom. The summed E-state index contributed by atoms with van der Waals surface area (Å²) < 4.78 is 5.68. The number of para-hydroxylation sites is 1. The SMILES string of the molecule is CC(=O)N(c1ccccc1)c1nc(CN2CCO[C@@H](C)[C@H]2C)cs1. The predicted molar refractivity (Wildman–Crippen MR) is 96.7 cm³/mol. The van der Waals surface area contributed by atoms with E-state index in [4.69, 9.17) is 9.72 Å². The summed E-state index contributed by atoms with van der Waals surface area (Å²) in [6.07, 6.45) is 0.231. The molecule has 0 bridgehead atoms. The van der Waals surface area contributed by atoms with Crippen molar-refractivity contribution >= 4 is 28.1 Å². The first-order valence-electron chi connectivity index (χ1n) is 8.22. The Morgan fingerprint density at radius 1 is 1.38 bits per heavy atom. The maximum atomic E-state index is 12.1. The minimum absolute atomic E-state index is 0.0320. The summed E-state index contributed by atoms with van der Waals surface area (Å²) in [6.45, 7) is 8.31. The number of benzene rings is 1. The lowest BCUT2D eigenvalue weighted by molar-refractivity contribution is -0.115. The number of thiazole rings is 1. The molecule has 0 saturated carbocycles. The Hall–Kier alpha value is -1.76. The number of morpholine rings is 1. The van der Waals surface area contributed by atoms with Gasteiger partial charge in [0.25, 0.3) is 0 Å². The number of anilines is 2. The third-order valence-corrected chi connectivity index (χ3v) is 5.31. The molecule has 1 saturated heterocycles. The Labute approximate surface area is 146 Å². The lowest BCUT2D eigenvalue weighted by atomic mass is 10.1. The number of hydrogen-bond acceptors (Lipinski definition) is 5. The van der Waals surface area contributed by atoms with Gasteiger partial charge in [0.2, 0.25) is 5.91 Å². The number of carbonyl (C=O) groups is 1. The first kappa shape index (κ1) is 17.1. The molecule has 2 heterocycles. The van der Waals surface area contributed by atoms with Crippen LogP contribution in [0, 0.1) is 0 Å². The van der Waals surface area contributed by atoms with Gasteiger partial charge in [-0.2, -0.15) is 0 Å². The van der Waals surface area contributed by atoms with Gasteiger partial charge in [-0.15, -0.1) is 11.3 Å². The quantitative estimate of drug-likeness (QED) is 0.852. The zero-order valence-electron chi connectivity index (χ0n) is 14.3. The first-order valence-corrected chi connectivity index (χ1v) is 9.10. The third kappa shape index (κ3) is 3.66. The Balaban J connectivity index is 1.78. The van der Waals surface area contributed by atoms with Crippen LogP contribution >= 0.6 is 11.3 Å². The average Bonchev–Trinajstić information content (AvgIpc) is 3.01. The van der Waals surface area contributed by atoms with Crippen molar-refractivity contribution in [3.63, 3.8) is 0 Å². The van der Waals surface area contributed by atoms with E-state index < -0.39 is 0 Å². The van der Waals surface area contributed by atoms with E-state index in [1.54, 1.807) is 11.8 Å². The fraction of sp³-hybridized carbons (Fsp3) is 0.444. The van der Waals surface area contributed by atoms with Crippen molar-refractivity contribution in [2.24, 2.45) is 0 Å². The van der Waals surface area contributed by atoms with Crippen molar-refractivity contribution < 1.29 is 9.53 Å². The van der Waals surface area contributed by atoms with Gasteiger partial charge in [-0.25, -0.2) is 4.98 Å². The summed E-state index contributed by atoms with van der Waals surface area (Å²) in [5, 5.41) is 2.76. The highest BCUT2D eigenvalue weighted by Crippen LogP contribution is 2.29. The zero-order valence-corrected chi connectivity index (χ0v) is 15.1. The van der Waals surface area contributed by atoms with Crippen LogP contribution in [0.5, 0.6) is 0 Å². The zero-order chi connectivity index (χ0) is 17.1. The standard InChI is InChI=1S/C18H23N3O2S/c1-13-14(2)23-10-9-20(13)11-16-12-24-18(19-16)21(15(3)22)17-7-5-4-6-8-17/h4-8,12-14H,9-11H2,1-3H3/t13-,14+/m1/s1. The van der Waals surface area contributed by atoms with Crippen LogP contribution in [0.4, 0.5) is 10.8 Å². The Morgan fingerprint density at radius 3 is 2.83 bits per heavy atom. The molecule has 5 nitrogen and oxygen atoms in total. The van der Waals surface area contributed by atoms with Crippen molar-refractivity contribution in [3.05, 3.63) is 41.4 Å². The van der Waals surface area contributed by atoms with Gasteiger partial charge >= 0.3 is 0 Å². The number of rotatable bonds is 4. The molecule has 1 aliphatic heterocycles. The van der Waals surface area contributed by atoms with Gasteiger partial charge in [0.1, 0.15) is 0 Å². The molecule has 2 aromatic rings. The molecule has 1 amide bonds. The average molecular weight is 345 g/mol. The minimum atomic E-state index is -0.0320. The molecule has 0 spiro atoms.